The van der Waals surface area contributed by atoms with E-state index in [2.05, 4.69) is 20.6 Å². The molecule has 0 aliphatic heterocycles. The van der Waals surface area contributed by atoms with E-state index in [1.165, 1.54) is 0 Å². The van der Waals surface area contributed by atoms with E-state index < -0.39 is 0 Å². The van der Waals surface area contributed by atoms with Gasteiger partial charge in [-0.1, -0.05) is 36.4 Å². The van der Waals surface area contributed by atoms with Gasteiger partial charge in [0, 0.05) is 17.9 Å². The van der Waals surface area contributed by atoms with Gasteiger partial charge in [0.15, 0.2) is 0 Å². The molecule has 3 aromatic rings. The number of anilines is 2. The minimum absolute atomic E-state index is 0.260. The molecule has 2 N–H and O–H groups in total. The van der Waals surface area contributed by atoms with Crippen molar-refractivity contribution < 1.29 is 4.79 Å². The highest BCUT2D eigenvalue weighted by atomic mass is 16.1. The van der Waals surface area contributed by atoms with Gasteiger partial charge in [-0.15, -0.1) is 0 Å². The number of carbonyl (C=O) groups is 1. The van der Waals surface area contributed by atoms with E-state index in [9.17, 15) is 4.79 Å². The summed E-state index contributed by atoms with van der Waals surface area (Å²) in [5.41, 5.74) is 3.06. The molecule has 0 saturated carbocycles. The van der Waals surface area contributed by atoms with Crippen LogP contribution >= 0.6 is 0 Å². The van der Waals surface area contributed by atoms with Crippen molar-refractivity contribution in [1.82, 2.24) is 9.97 Å². The van der Waals surface area contributed by atoms with Crippen LogP contribution in [0.15, 0.2) is 60.7 Å². The Labute approximate surface area is 151 Å². The van der Waals surface area contributed by atoms with Gasteiger partial charge in [0.2, 0.25) is 5.95 Å². The van der Waals surface area contributed by atoms with Crippen LogP contribution in [-0.2, 0) is 6.54 Å². The topological polar surface area (TPSA) is 90.7 Å². The van der Waals surface area contributed by atoms with E-state index in [0.717, 1.165) is 5.56 Å². The maximum atomic E-state index is 12.5. The van der Waals surface area contributed by atoms with Crippen molar-refractivity contribution in [2.75, 3.05) is 10.6 Å². The molecule has 0 bridgehead atoms. The Hall–Kier alpha value is -3.72. The van der Waals surface area contributed by atoms with Crippen LogP contribution in [0.2, 0.25) is 0 Å². The second-order valence-electron chi connectivity index (χ2n) is 5.70. The van der Waals surface area contributed by atoms with E-state index in [1.54, 1.807) is 30.3 Å². The van der Waals surface area contributed by atoms with Crippen molar-refractivity contribution in [3.8, 4) is 6.07 Å². The van der Waals surface area contributed by atoms with Gasteiger partial charge in [-0.2, -0.15) is 5.26 Å². The Kier molecular flexibility index (Phi) is 5.20. The number of nitrogens with zero attached hydrogens (tertiary/aromatic N) is 3. The third-order valence-corrected chi connectivity index (χ3v) is 3.63. The molecule has 0 aliphatic carbocycles. The van der Waals surface area contributed by atoms with E-state index in [1.807, 2.05) is 43.3 Å². The van der Waals surface area contributed by atoms with Gasteiger partial charge in [-0.25, -0.2) is 9.97 Å². The van der Waals surface area contributed by atoms with E-state index in [-0.39, 0.29) is 11.6 Å². The number of aryl methyl sites for hydroxylation is 1. The van der Waals surface area contributed by atoms with Gasteiger partial charge in [-0.05, 0) is 36.8 Å². The number of amides is 1. The fraction of sp³-hybridized carbons (Fsp3) is 0.100. The van der Waals surface area contributed by atoms with Gasteiger partial charge in [0.25, 0.3) is 5.91 Å². The lowest BCUT2D eigenvalue weighted by Gasteiger charge is -2.09. The van der Waals surface area contributed by atoms with Gasteiger partial charge >= 0.3 is 0 Å². The molecule has 6 nitrogen and oxygen atoms in total. The molecule has 1 amide bonds. The zero-order valence-electron chi connectivity index (χ0n) is 14.2. The smallest absolute Gasteiger partial charge is 0.274 e. The Morgan fingerprint density at radius 3 is 2.65 bits per heavy atom. The van der Waals surface area contributed by atoms with Gasteiger partial charge in [0.05, 0.1) is 11.6 Å². The highest BCUT2D eigenvalue weighted by molar-refractivity contribution is 6.03. The van der Waals surface area contributed by atoms with Crippen LogP contribution in [0.1, 0.15) is 27.3 Å². The van der Waals surface area contributed by atoms with E-state index >= 15 is 0 Å². The third kappa shape index (κ3) is 4.42. The largest absolute Gasteiger partial charge is 0.350 e. The molecule has 128 valence electrons. The maximum absolute atomic E-state index is 12.5. The minimum atomic E-state index is -0.353. The van der Waals surface area contributed by atoms with Crippen LogP contribution in [0.25, 0.3) is 0 Å². The molecule has 26 heavy (non-hydrogen) atoms. The quantitative estimate of drug-likeness (QED) is 0.739. The Morgan fingerprint density at radius 1 is 1.08 bits per heavy atom. The van der Waals surface area contributed by atoms with Crippen LogP contribution in [0, 0.1) is 18.3 Å². The van der Waals surface area contributed by atoms with Gasteiger partial charge in [-0.3, -0.25) is 4.79 Å². The second-order valence-corrected chi connectivity index (χ2v) is 5.70. The average Bonchev–Trinajstić information content (AvgIpc) is 2.67. The standard InChI is InChI=1S/C20H17N5O/c1-14-10-18(19(26)24-17-9-5-8-16(11-17)12-21)25-20(23-14)22-13-15-6-3-2-4-7-15/h2-11H,13H2,1H3,(H,24,26)(H,22,23,25). The first-order valence-electron chi connectivity index (χ1n) is 8.09. The van der Waals surface area contributed by atoms with Crippen molar-refractivity contribution in [3.05, 3.63) is 83.2 Å². The second kappa shape index (κ2) is 7.90. The number of aromatic nitrogens is 2. The number of nitriles is 1. The summed E-state index contributed by atoms with van der Waals surface area (Å²) < 4.78 is 0. The molecule has 6 heteroatoms. The number of nitrogens with one attached hydrogen (secondary N) is 2. The summed E-state index contributed by atoms with van der Waals surface area (Å²) >= 11 is 0. The monoisotopic (exact) mass is 343 g/mol. The normalized spacial score (nSPS) is 10.0. The Bertz CT molecular complexity index is 963. The van der Waals surface area contributed by atoms with Crippen LogP contribution in [0.4, 0.5) is 11.6 Å². The van der Waals surface area contributed by atoms with Crippen LogP contribution in [-0.4, -0.2) is 15.9 Å². The Balaban J connectivity index is 1.74. The first-order valence-corrected chi connectivity index (χ1v) is 8.09. The summed E-state index contributed by atoms with van der Waals surface area (Å²) in [6.07, 6.45) is 0. The molecule has 1 heterocycles. The van der Waals surface area contributed by atoms with Crippen molar-refractivity contribution in [3.63, 3.8) is 0 Å². The van der Waals surface area contributed by atoms with Crippen molar-refractivity contribution >= 4 is 17.5 Å². The summed E-state index contributed by atoms with van der Waals surface area (Å²) in [6.45, 7) is 2.37. The highest BCUT2D eigenvalue weighted by Gasteiger charge is 2.11. The molecule has 0 atom stereocenters. The van der Waals surface area contributed by atoms with Crippen LogP contribution in [0.3, 0.4) is 0 Å². The van der Waals surface area contributed by atoms with Crippen molar-refractivity contribution in [2.24, 2.45) is 0 Å². The van der Waals surface area contributed by atoms with Gasteiger partial charge < -0.3 is 10.6 Å². The molecule has 1 aromatic heterocycles. The molecule has 2 aromatic carbocycles. The lowest BCUT2D eigenvalue weighted by atomic mass is 10.2. The van der Waals surface area contributed by atoms with E-state index in [0.29, 0.717) is 29.4 Å². The fourth-order valence-electron chi connectivity index (χ4n) is 2.40. The summed E-state index contributed by atoms with van der Waals surface area (Å²) in [7, 11) is 0. The summed E-state index contributed by atoms with van der Waals surface area (Å²) in [6, 6.07) is 20.3. The molecule has 3 rings (SSSR count). The van der Waals surface area contributed by atoms with Crippen molar-refractivity contribution in [1.29, 1.82) is 5.26 Å². The third-order valence-electron chi connectivity index (χ3n) is 3.63. The SMILES string of the molecule is Cc1cc(C(=O)Nc2cccc(C#N)c2)nc(NCc2ccccc2)n1. The summed E-state index contributed by atoms with van der Waals surface area (Å²) in [5.74, 6) is 0.0399. The highest BCUT2D eigenvalue weighted by Crippen LogP contribution is 2.13. The molecule has 0 fully saturated rings. The number of rotatable bonds is 5. The first kappa shape index (κ1) is 17.1. The fourth-order valence-corrected chi connectivity index (χ4v) is 2.40. The van der Waals surface area contributed by atoms with Gasteiger partial charge in [0.1, 0.15) is 5.69 Å². The zero-order chi connectivity index (χ0) is 18.4. The average molecular weight is 343 g/mol. The minimum Gasteiger partial charge on any atom is -0.350 e. The maximum Gasteiger partial charge on any atom is 0.274 e. The lowest BCUT2D eigenvalue weighted by Crippen LogP contribution is -2.16. The summed E-state index contributed by atoms with van der Waals surface area (Å²) in [5, 5.41) is 14.8. The Morgan fingerprint density at radius 2 is 1.88 bits per heavy atom. The molecular weight excluding hydrogens is 326 g/mol. The first-order chi connectivity index (χ1) is 12.6. The zero-order valence-corrected chi connectivity index (χ0v) is 14.2. The molecule has 0 saturated heterocycles. The van der Waals surface area contributed by atoms with Crippen LogP contribution in [0.5, 0.6) is 0 Å². The molecule has 0 spiro atoms. The predicted molar refractivity (Wildman–Crippen MR) is 99.6 cm³/mol. The predicted octanol–water partition coefficient (Wildman–Crippen LogP) is 3.52. The van der Waals surface area contributed by atoms with E-state index in [4.69, 9.17) is 5.26 Å². The number of hydrogen-bond acceptors (Lipinski definition) is 5. The molecular formula is C20H17N5O. The van der Waals surface area contributed by atoms with Crippen LogP contribution < -0.4 is 10.6 Å². The molecule has 0 radical (unpaired) electrons. The molecule has 0 unspecified atom stereocenters. The number of benzene rings is 2. The number of carbonyl (C=O) groups excluding carboxylic acids is 1. The summed E-state index contributed by atoms with van der Waals surface area (Å²) in [4.78, 5) is 21.1. The molecule has 0 aliphatic rings. The lowest BCUT2D eigenvalue weighted by molar-refractivity contribution is 0.102. The number of hydrogen-bond donors (Lipinski definition) is 2. The van der Waals surface area contributed by atoms with Crippen molar-refractivity contribution in [2.45, 2.75) is 13.5 Å².